The molecule has 0 saturated carbocycles. The number of hydrogen-bond acceptors (Lipinski definition) is 4. The Balaban J connectivity index is 3.12. The summed E-state index contributed by atoms with van der Waals surface area (Å²) in [5, 5.41) is 10.9. The number of rotatable bonds is 2. The highest BCUT2D eigenvalue weighted by molar-refractivity contribution is 6.32. The maximum Gasteiger partial charge on any atom is 0.425 e. The van der Waals surface area contributed by atoms with Crippen molar-refractivity contribution in [2.24, 2.45) is 5.10 Å². The molecule has 0 atom stereocenters. The molecule has 0 aliphatic carbocycles. The summed E-state index contributed by atoms with van der Waals surface area (Å²) < 4.78 is 13.4. The van der Waals surface area contributed by atoms with Crippen molar-refractivity contribution in [3.63, 3.8) is 0 Å². The number of hydrazone groups is 1. The Morgan fingerprint density at radius 2 is 2.12 bits per heavy atom. The van der Waals surface area contributed by atoms with Gasteiger partial charge in [0.1, 0.15) is 5.69 Å². The van der Waals surface area contributed by atoms with E-state index in [1.807, 2.05) is 0 Å². The molecule has 0 unspecified atom stereocenters. The van der Waals surface area contributed by atoms with Gasteiger partial charge in [0, 0.05) is 0 Å². The standard InChI is InChI=1S/C7H5Cl2FN4O2/c1-2(13-14-7(15)16)4-3(10)5(8)12-6(9)11-4/h14H,1H3,(H,15,16)/b13-2+. The molecule has 6 nitrogen and oxygen atoms in total. The Labute approximate surface area is 99.1 Å². The first-order valence-corrected chi connectivity index (χ1v) is 4.59. The van der Waals surface area contributed by atoms with E-state index in [2.05, 4.69) is 15.1 Å². The molecule has 1 aromatic rings. The fraction of sp³-hybridized carbons (Fsp3) is 0.143. The molecular formula is C7H5Cl2FN4O2. The molecule has 86 valence electrons. The quantitative estimate of drug-likeness (QED) is 0.371. The van der Waals surface area contributed by atoms with Crippen LogP contribution in [0.25, 0.3) is 0 Å². The van der Waals surface area contributed by atoms with Gasteiger partial charge in [-0.15, -0.1) is 0 Å². The highest BCUT2D eigenvalue weighted by atomic mass is 35.5. The average Bonchev–Trinajstić information content (AvgIpc) is 2.19. The van der Waals surface area contributed by atoms with Gasteiger partial charge in [0.2, 0.25) is 5.28 Å². The summed E-state index contributed by atoms with van der Waals surface area (Å²) in [7, 11) is 0. The topological polar surface area (TPSA) is 87.5 Å². The number of carboxylic acid groups (broad SMARTS) is 1. The minimum atomic E-state index is -1.38. The van der Waals surface area contributed by atoms with Gasteiger partial charge in [-0.2, -0.15) is 5.10 Å². The van der Waals surface area contributed by atoms with Crippen molar-refractivity contribution in [3.05, 3.63) is 21.9 Å². The first kappa shape index (κ1) is 12.6. The Morgan fingerprint density at radius 3 is 2.69 bits per heavy atom. The van der Waals surface area contributed by atoms with Crippen LogP contribution in [-0.4, -0.2) is 26.9 Å². The summed E-state index contributed by atoms with van der Waals surface area (Å²) in [4.78, 5) is 17.1. The Kier molecular flexibility index (Phi) is 3.97. The fourth-order valence-corrected chi connectivity index (χ4v) is 1.20. The lowest BCUT2D eigenvalue weighted by atomic mass is 10.3. The first-order valence-electron chi connectivity index (χ1n) is 3.84. The van der Waals surface area contributed by atoms with Crippen LogP contribution in [0.5, 0.6) is 0 Å². The fourth-order valence-electron chi connectivity index (χ4n) is 0.818. The van der Waals surface area contributed by atoms with Gasteiger partial charge in [-0.3, -0.25) is 0 Å². The smallest absolute Gasteiger partial charge is 0.425 e. The summed E-state index contributed by atoms with van der Waals surface area (Å²) in [6, 6.07) is 0. The van der Waals surface area contributed by atoms with Crippen molar-refractivity contribution < 1.29 is 14.3 Å². The summed E-state index contributed by atoms with van der Waals surface area (Å²) >= 11 is 10.9. The van der Waals surface area contributed by atoms with E-state index in [1.165, 1.54) is 6.92 Å². The highest BCUT2D eigenvalue weighted by Gasteiger charge is 2.14. The monoisotopic (exact) mass is 266 g/mol. The number of nitrogens with zero attached hydrogens (tertiary/aromatic N) is 3. The van der Waals surface area contributed by atoms with E-state index in [-0.39, 0.29) is 16.7 Å². The van der Waals surface area contributed by atoms with Crippen molar-refractivity contribution in [3.8, 4) is 0 Å². The van der Waals surface area contributed by atoms with Crippen LogP contribution in [-0.2, 0) is 0 Å². The van der Waals surface area contributed by atoms with Crippen molar-refractivity contribution in [2.75, 3.05) is 0 Å². The molecule has 1 heterocycles. The van der Waals surface area contributed by atoms with Gasteiger partial charge < -0.3 is 5.11 Å². The number of aromatic nitrogens is 2. The Morgan fingerprint density at radius 1 is 1.50 bits per heavy atom. The van der Waals surface area contributed by atoms with Gasteiger partial charge in [0.15, 0.2) is 11.0 Å². The number of halogens is 3. The first-order chi connectivity index (χ1) is 7.41. The van der Waals surface area contributed by atoms with E-state index in [4.69, 9.17) is 28.3 Å². The van der Waals surface area contributed by atoms with Crippen LogP contribution in [0.1, 0.15) is 12.6 Å². The van der Waals surface area contributed by atoms with Gasteiger partial charge in [-0.25, -0.2) is 24.6 Å². The molecule has 0 aliphatic rings. The predicted octanol–water partition coefficient (Wildman–Crippen LogP) is 1.91. The number of carbonyl (C=O) groups is 1. The van der Waals surface area contributed by atoms with Crippen LogP contribution in [0.15, 0.2) is 5.10 Å². The van der Waals surface area contributed by atoms with Crippen molar-refractivity contribution >= 4 is 35.0 Å². The van der Waals surface area contributed by atoms with Crippen molar-refractivity contribution in [1.82, 2.24) is 15.4 Å². The summed E-state index contributed by atoms with van der Waals surface area (Å²) in [6.07, 6.45) is -1.38. The molecule has 1 aromatic heterocycles. The summed E-state index contributed by atoms with van der Waals surface area (Å²) in [6.45, 7) is 1.34. The Hall–Kier alpha value is -1.47. The second kappa shape index (κ2) is 5.04. The van der Waals surface area contributed by atoms with Crippen LogP contribution in [0.3, 0.4) is 0 Å². The lowest BCUT2D eigenvalue weighted by Crippen LogP contribution is -2.17. The zero-order valence-electron chi connectivity index (χ0n) is 7.83. The molecule has 2 N–H and O–H groups in total. The van der Waals surface area contributed by atoms with Gasteiger partial charge >= 0.3 is 6.09 Å². The molecule has 1 rings (SSSR count). The van der Waals surface area contributed by atoms with Gasteiger partial charge in [0.05, 0.1) is 5.71 Å². The predicted molar refractivity (Wildman–Crippen MR) is 55.4 cm³/mol. The minimum Gasteiger partial charge on any atom is -0.464 e. The SMILES string of the molecule is C/C(=N\NC(=O)O)c1nc(Cl)nc(Cl)c1F. The van der Waals surface area contributed by atoms with Gasteiger partial charge in [0.25, 0.3) is 0 Å². The Bertz CT molecular complexity index is 466. The third kappa shape index (κ3) is 3.01. The maximum atomic E-state index is 13.4. The molecule has 1 amide bonds. The zero-order valence-corrected chi connectivity index (χ0v) is 9.34. The highest BCUT2D eigenvalue weighted by Crippen LogP contribution is 2.17. The van der Waals surface area contributed by atoms with E-state index in [0.717, 1.165) is 0 Å². The molecule has 0 aliphatic heterocycles. The van der Waals surface area contributed by atoms with Gasteiger partial charge in [-0.1, -0.05) is 11.6 Å². The summed E-state index contributed by atoms with van der Waals surface area (Å²) in [5.41, 5.74) is 1.41. The maximum absolute atomic E-state index is 13.4. The molecule has 0 bridgehead atoms. The lowest BCUT2D eigenvalue weighted by molar-refractivity contribution is 0.195. The number of amides is 1. The van der Waals surface area contributed by atoms with Gasteiger partial charge in [-0.05, 0) is 18.5 Å². The lowest BCUT2D eigenvalue weighted by Gasteiger charge is -2.03. The van der Waals surface area contributed by atoms with Crippen LogP contribution < -0.4 is 5.43 Å². The minimum absolute atomic E-state index is 0.0221. The van der Waals surface area contributed by atoms with Crippen LogP contribution in [0.2, 0.25) is 10.4 Å². The van der Waals surface area contributed by atoms with Crippen molar-refractivity contribution in [1.29, 1.82) is 0 Å². The van der Waals surface area contributed by atoms with E-state index in [1.54, 1.807) is 5.43 Å². The normalized spacial score (nSPS) is 11.4. The van der Waals surface area contributed by atoms with E-state index >= 15 is 0 Å². The van der Waals surface area contributed by atoms with Crippen LogP contribution in [0, 0.1) is 5.82 Å². The van der Waals surface area contributed by atoms with E-state index in [0.29, 0.717) is 0 Å². The van der Waals surface area contributed by atoms with E-state index in [9.17, 15) is 9.18 Å². The van der Waals surface area contributed by atoms with Crippen LogP contribution in [0.4, 0.5) is 9.18 Å². The summed E-state index contributed by atoms with van der Waals surface area (Å²) in [5.74, 6) is -0.917. The molecule has 0 aromatic carbocycles. The second-order valence-electron chi connectivity index (χ2n) is 2.56. The molecule has 0 saturated heterocycles. The molecule has 16 heavy (non-hydrogen) atoms. The average molecular weight is 267 g/mol. The van der Waals surface area contributed by atoms with Crippen LogP contribution >= 0.6 is 23.2 Å². The second-order valence-corrected chi connectivity index (χ2v) is 3.26. The molecular weight excluding hydrogens is 262 g/mol. The molecule has 0 radical (unpaired) electrons. The third-order valence-electron chi connectivity index (χ3n) is 1.45. The third-order valence-corrected chi connectivity index (χ3v) is 1.86. The van der Waals surface area contributed by atoms with Crippen molar-refractivity contribution in [2.45, 2.75) is 6.92 Å². The molecule has 0 spiro atoms. The largest absolute Gasteiger partial charge is 0.464 e. The zero-order chi connectivity index (χ0) is 12.3. The molecule has 9 heteroatoms. The number of hydrogen-bond donors (Lipinski definition) is 2. The molecule has 0 fully saturated rings. The van der Waals surface area contributed by atoms with E-state index < -0.39 is 17.1 Å². The number of nitrogens with one attached hydrogen (secondary N) is 1.